The van der Waals surface area contributed by atoms with E-state index in [1.165, 1.54) is 22.7 Å². The van der Waals surface area contributed by atoms with E-state index >= 15 is 0 Å². The summed E-state index contributed by atoms with van der Waals surface area (Å²) in [7, 11) is 0. The summed E-state index contributed by atoms with van der Waals surface area (Å²) >= 11 is 2.87. The number of aliphatic carboxylic acids is 1. The van der Waals surface area contributed by atoms with Gasteiger partial charge in [0, 0.05) is 5.38 Å². The Morgan fingerprint density at radius 1 is 1.19 bits per heavy atom. The lowest BCUT2D eigenvalue weighted by Gasteiger charge is -2.03. The molecule has 7 nitrogen and oxygen atoms in total. The van der Waals surface area contributed by atoms with Gasteiger partial charge >= 0.3 is 5.97 Å². The molecule has 110 valence electrons. The quantitative estimate of drug-likeness (QED) is 0.728. The molecule has 0 atom stereocenters. The molecule has 3 N–H and O–H groups in total. The second kappa shape index (κ2) is 6.95. The highest BCUT2D eigenvalue weighted by molar-refractivity contribution is 7.20. The Balaban J connectivity index is 1.86. The third-order valence-corrected chi connectivity index (χ3v) is 4.20. The van der Waals surface area contributed by atoms with Crippen LogP contribution in [0.5, 0.6) is 0 Å². The fourth-order valence-electron chi connectivity index (χ4n) is 1.38. The maximum absolute atomic E-state index is 11.8. The molecule has 0 unspecified atom stereocenters. The van der Waals surface area contributed by atoms with Gasteiger partial charge in [0.25, 0.3) is 5.91 Å². The molecule has 2 rings (SSSR count). The number of rotatable bonds is 6. The molecular formula is C12H11N3O4S2. The number of thiazole rings is 1. The second-order valence-electron chi connectivity index (χ2n) is 3.87. The smallest absolute Gasteiger partial charge is 0.322 e. The number of carbonyl (C=O) groups is 3. The summed E-state index contributed by atoms with van der Waals surface area (Å²) in [5.41, 5.74) is 0.231. The number of carboxylic acid groups (broad SMARTS) is 1. The van der Waals surface area contributed by atoms with Crippen LogP contribution in [0, 0.1) is 0 Å². The summed E-state index contributed by atoms with van der Waals surface area (Å²) in [5, 5.41) is 17.2. The van der Waals surface area contributed by atoms with Crippen LogP contribution in [0.4, 0.5) is 0 Å². The van der Waals surface area contributed by atoms with Crippen LogP contribution in [0.2, 0.25) is 0 Å². The maximum Gasteiger partial charge on any atom is 0.322 e. The lowest BCUT2D eigenvalue weighted by atomic mass is 10.4. The van der Waals surface area contributed by atoms with Gasteiger partial charge in [-0.25, -0.2) is 4.98 Å². The molecule has 9 heteroatoms. The Morgan fingerprint density at radius 2 is 2.00 bits per heavy atom. The van der Waals surface area contributed by atoms with Gasteiger partial charge in [0.2, 0.25) is 5.91 Å². The number of hydrogen-bond acceptors (Lipinski definition) is 6. The van der Waals surface area contributed by atoms with Gasteiger partial charge in [-0.3, -0.25) is 14.4 Å². The van der Waals surface area contributed by atoms with E-state index in [0.717, 1.165) is 9.88 Å². The third-order valence-electron chi connectivity index (χ3n) is 2.32. The van der Waals surface area contributed by atoms with Gasteiger partial charge < -0.3 is 15.7 Å². The van der Waals surface area contributed by atoms with Crippen molar-refractivity contribution in [1.29, 1.82) is 0 Å². The second-order valence-corrected chi connectivity index (χ2v) is 5.67. The van der Waals surface area contributed by atoms with Crippen LogP contribution in [-0.4, -0.2) is 41.0 Å². The predicted octanol–water partition coefficient (Wildman–Crippen LogP) is 0.802. The molecule has 0 bridgehead atoms. The van der Waals surface area contributed by atoms with Crippen molar-refractivity contribution in [3.05, 3.63) is 28.6 Å². The average molecular weight is 325 g/mol. The fraction of sp³-hybridized carbons (Fsp3) is 0.167. The lowest BCUT2D eigenvalue weighted by molar-refractivity contribution is -0.137. The van der Waals surface area contributed by atoms with Crippen LogP contribution >= 0.6 is 22.7 Å². The van der Waals surface area contributed by atoms with Crippen molar-refractivity contribution in [3.63, 3.8) is 0 Å². The van der Waals surface area contributed by atoms with Gasteiger partial charge in [-0.2, -0.15) is 0 Å². The molecule has 21 heavy (non-hydrogen) atoms. The molecule has 0 aliphatic heterocycles. The Labute approximate surface area is 127 Å². The fourth-order valence-corrected chi connectivity index (χ4v) is 2.99. The maximum atomic E-state index is 11.8. The molecule has 2 heterocycles. The molecule has 2 amide bonds. The average Bonchev–Trinajstić information content (AvgIpc) is 3.11. The first-order valence-corrected chi connectivity index (χ1v) is 7.58. The minimum absolute atomic E-state index is 0.231. The monoisotopic (exact) mass is 325 g/mol. The standard InChI is InChI=1S/C12H11N3O4S2/c16-9(13-5-10(17)18)4-14-11(19)7-6-21-12(15-7)8-2-1-3-20-8/h1-3,6H,4-5H2,(H,13,16)(H,14,19)(H,17,18). The minimum atomic E-state index is -1.14. The van der Waals surface area contributed by atoms with Gasteiger partial charge in [0.15, 0.2) is 0 Å². The lowest BCUT2D eigenvalue weighted by Crippen LogP contribution is -2.39. The largest absolute Gasteiger partial charge is 0.480 e. The Hall–Kier alpha value is -2.26. The van der Waals surface area contributed by atoms with Gasteiger partial charge in [-0.05, 0) is 11.4 Å². The van der Waals surface area contributed by atoms with Crippen LogP contribution in [0.25, 0.3) is 9.88 Å². The summed E-state index contributed by atoms with van der Waals surface area (Å²) in [6.45, 7) is -0.772. The van der Waals surface area contributed by atoms with E-state index in [1.54, 1.807) is 5.38 Å². The van der Waals surface area contributed by atoms with E-state index in [-0.39, 0.29) is 12.2 Å². The summed E-state index contributed by atoms with van der Waals surface area (Å²) < 4.78 is 0. The Kier molecular flexibility index (Phi) is 5.01. The van der Waals surface area contributed by atoms with Crippen LogP contribution < -0.4 is 10.6 Å². The molecule has 0 spiro atoms. The summed E-state index contributed by atoms with van der Waals surface area (Å²) in [6.07, 6.45) is 0. The highest BCUT2D eigenvalue weighted by Gasteiger charge is 2.13. The number of carboxylic acids is 1. The highest BCUT2D eigenvalue weighted by atomic mass is 32.1. The number of thiophene rings is 1. The summed E-state index contributed by atoms with van der Waals surface area (Å²) in [5.74, 6) is -2.19. The molecule has 0 radical (unpaired) electrons. The zero-order chi connectivity index (χ0) is 15.2. The summed E-state index contributed by atoms with van der Waals surface area (Å²) in [6, 6.07) is 3.80. The minimum Gasteiger partial charge on any atom is -0.480 e. The predicted molar refractivity (Wildman–Crippen MR) is 78.4 cm³/mol. The van der Waals surface area contributed by atoms with E-state index in [4.69, 9.17) is 5.11 Å². The summed E-state index contributed by atoms with van der Waals surface area (Å²) in [4.78, 5) is 38.5. The van der Waals surface area contributed by atoms with Crippen molar-refractivity contribution in [3.8, 4) is 9.88 Å². The zero-order valence-electron chi connectivity index (χ0n) is 10.7. The van der Waals surface area contributed by atoms with Gasteiger partial charge in [-0.1, -0.05) is 6.07 Å². The first kappa shape index (κ1) is 15.1. The number of amides is 2. The van der Waals surface area contributed by atoms with Gasteiger partial charge in [-0.15, -0.1) is 22.7 Å². The number of carbonyl (C=O) groups excluding carboxylic acids is 2. The molecule has 0 aliphatic carbocycles. The van der Waals surface area contributed by atoms with Crippen LogP contribution in [0.15, 0.2) is 22.9 Å². The number of aromatic nitrogens is 1. The molecule has 2 aromatic heterocycles. The van der Waals surface area contributed by atoms with E-state index in [9.17, 15) is 14.4 Å². The Bertz CT molecular complexity index is 651. The van der Waals surface area contributed by atoms with Crippen molar-refractivity contribution in [1.82, 2.24) is 15.6 Å². The third kappa shape index (κ3) is 4.36. The van der Waals surface area contributed by atoms with Crippen LogP contribution in [-0.2, 0) is 9.59 Å². The van der Waals surface area contributed by atoms with E-state index in [0.29, 0.717) is 0 Å². The molecular weight excluding hydrogens is 314 g/mol. The van der Waals surface area contributed by atoms with Crippen LogP contribution in [0.3, 0.4) is 0 Å². The molecule has 0 saturated carbocycles. The first-order valence-electron chi connectivity index (χ1n) is 5.82. The van der Waals surface area contributed by atoms with Crippen molar-refractivity contribution in [2.24, 2.45) is 0 Å². The number of nitrogens with zero attached hydrogens (tertiary/aromatic N) is 1. The van der Waals surface area contributed by atoms with Crippen molar-refractivity contribution >= 4 is 40.5 Å². The molecule has 2 aromatic rings. The number of hydrogen-bond donors (Lipinski definition) is 3. The normalized spacial score (nSPS) is 10.1. The molecule has 0 saturated heterocycles. The van der Waals surface area contributed by atoms with Crippen molar-refractivity contribution in [2.45, 2.75) is 0 Å². The zero-order valence-corrected chi connectivity index (χ0v) is 12.3. The molecule has 0 aliphatic rings. The SMILES string of the molecule is O=C(O)CNC(=O)CNC(=O)c1csc(-c2cccs2)n1. The first-order chi connectivity index (χ1) is 10.1. The van der Waals surface area contributed by atoms with Crippen molar-refractivity contribution in [2.75, 3.05) is 13.1 Å². The Morgan fingerprint density at radius 3 is 2.67 bits per heavy atom. The molecule has 0 fully saturated rings. The van der Waals surface area contributed by atoms with Gasteiger partial charge in [0.05, 0.1) is 11.4 Å². The van der Waals surface area contributed by atoms with Crippen molar-refractivity contribution < 1.29 is 19.5 Å². The topological polar surface area (TPSA) is 108 Å². The highest BCUT2D eigenvalue weighted by Crippen LogP contribution is 2.27. The van der Waals surface area contributed by atoms with Gasteiger partial charge in [0.1, 0.15) is 17.2 Å². The van der Waals surface area contributed by atoms with E-state index < -0.39 is 24.3 Å². The number of nitrogens with one attached hydrogen (secondary N) is 2. The molecule has 0 aromatic carbocycles. The van der Waals surface area contributed by atoms with E-state index in [1.807, 2.05) is 17.5 Å². The van der Waals surface area contributed by atoms with E-state index in [2.05, 4.69) is 15.6 Å². The van der Waals surface area contributed by atoms with Crippen LogP contribution in [0.1, 0.15) is 10.5 Å².